The Morgan fingerprint density at radius 2 is 1.81 bits per heavy atom. The van der Waals surface area contributed by atoms with Crippen molar-refractivity contribution in [2.24, 2.45) is 0 Å². The molecule has 2 heterocycles. The number of nitrogens with one attached hydrogen (secondary N) is 2. The summed E-state index contributed by atoms with van der Waals surface area (Å²) in [4.78, 5) is 21.2. The molecule has 11 heteroatoms. The van der Waals surface area contributed by atoms with Crippen LogP contribution in [0.1, 0.15) is 10.4 Å². The van der Waals surface area contributed by atoms with Gasteiger partial charge >= 0.3 is 0 Å². The molecule has 2 aromatic carbocycles. The van der Waals surface area contributed by atoms with Crippen molar-refractivity contribution in [3.63, 3.8) is 0 Å². The lowest BCUT2D eigenvalue weighted by atomic mass is 10.1. The van der Waals surface area contributed by atoms with E-state index in [4.69, 9.17) is 30.5 Å². The summed E-state index contributed by atoms with van der Waals surface area (Å²) < 4.78 is 22.8. The van der Waals surface area contributed by atoms with Crippen LogP contribution in [0.4, 0.5) is 5.69 Å². The molecule has 4 aromatic rings. The summed E-state index contributed by atoms with van der Waals surface area (Å²) in [6.45, 7) is 1.18. The van der Waals surface area contributed by atoms with Gasteiger partial charge in [-0.3, -0.25) is 14.8 Å². The Bertz CT molecular complexity index is 1410. The molecule has 2 N–H and O–H groups in total. The van der Waals surface area contributed by atoms with Crippen molar-refractivity contribution in [1.29, 1.82) is 0 Å². The van der Waals surface area contributed by atoms with E-state index < -0.39 is 0 Å². The molecule has 0 fully saturated rings. The predicted octanol–water partition coefficient (Wildman–Crippen LogP) is 4.44. The summed E-state index contributed by atoms with van der Waals surface area (Å²) in [6.07, 6.45) is 4.64. The fraction of sp³-hybridized carbons (Fsp3) is 0.192. The van der Waals surface area contributed by atoms with Crippen LogP contribution in [0.25, 0.3) is 10.9 Å². The molecule has 2 aromatic heterocycles. The van der Waals surface area contributed by atoms with Crippen molar-refractivity contribution in [2.75, 3.05) is 39.7 Å². The average Bonchev–Trinajstić information content (AvgIpc) is 2.90. The summed E-state index contributed by atoms with van der Waals surface area (Å²) >= 11 is 6.59. The van der Waals surface area contributed by atoms with E-state index in [2.05, 4.69) is 29.8 Å². The summed E-state index contributed by atoms with van der Waals surface area (Å²) in [6, 6.07) is 10.3. The highest BCUT2D eigenvalue weighted by Gasteiger charge is 2.17. The number of ether oxygens (including phenoxy) is 4. The van der Waals surface area contributed by atoms with Crippen molar-refractivity contribution in [2.45, 2.75) is 0 Å². The van der Waals surface area contributed by atoms with Crippen molar-refractivity contribution < 1.29 is 23.7 Å². The van der Waals surface area contributed by atoms with Crippen molar-refractivity contribution >= 4 is 48.6 Å². The average molecular weight is 541 g/mol. The molecule has 0 aliphatic heterocycles. The molecule has 192 valence electrons. The van der Waals surface area contributed by atoms with Crippen LogP contribution in [0, 0.1) is 0 Å². The second-order valence-corrected chi connectivity index (χ2v) is 8.82. The Balaban J connectivity index is 1.61. The largest absolute Gasteiger partial charge is 0.496 e. The van der Waals surface area contributed by atoms with Crippen LogP contribution in [0.15, 0.2) is 55.0 Å². The molecule has 37 heavy (non-hydrogen) atoms. The van der Waals surface area contributed by atoms with E-state index in [1.54, 1.807) is 43.8 Å². The number of pyridine rings is 2. The number of carbonyl (C=O) groups is 1. The zero-order chi connectivity index (χ0) is 26.4. The van der Waals surface area contributed by atoms with Gasteiger partial charge < -0.3 is 29.6 Å². The lowest BCUT2D eigenvalue weighted by Gasteiger charge is -2.16. The first-order valence-electron chi connectivity index (χ1n) is 11.3. The number of amides is 1. The minimum absolute atomic E-state index is 0.304. The van der Waals surface area contributed by atoms with Gasteiger partial charge in [0.25, 0.3) is 5.91 Å². The van der Waals surface area contributed by atoms with Gasteiger partial charge in [0, 0.05) is 47.6 Å². The number of halogens is 1. The quantitative estimate of drug-likeness (QED) is 0.225. The first-order valence-corrected chi connectivity index (χ1v) is 12.2. The molecule has 1 unspecified atom stereocenters. The van der Waals surface area contributed by atoms with E-state index in [1.807, 2.05) is 19.2 Å². The van der Waals surface area contributed by atoms with E-state index in [1.165, 1.54) is 13.3 Å². The normalized spacial score (nSPS) is 10.7. The summed E-state index contributed by atoms with van der Waals surface area (Å²) in [5.74, 6) is 2.14. The van der Waals surface area contributed by atoms with Crippen LogP contribution >= 0.6 is 20.8 Å². The molecule has 0 saturated carbocycles. The number of hydrogen-bond donors (Lipinski definition) is 2. The first kappa shape index (κ1) is 26.4. The lowest BCUT2D eigenvalue weighted by Crippen LogP contribution is -2.16. The molecule has 0 aliphatic rings. The number of nitrogens with zero attached hydrogens (tertiary/aromatic N) is 2. The van der Waals surface area contributed by atoms with E-state index in [9.17, 15) is 4.79 Å². The van der Waals surface area contributed by atoms with Crippen LogP contribution in [0.2, 0.25) is 5.02 Å². The number of fused-ring (bicyclic) bond motifs is 1. The highest BCUT2D eigenvalue weighted by Crippen LogP contribution is 2.39. The number of hydrogen-bond acceptors (Lipinski definition) is 8. The third-order valence-corrected chi connectivity index (χ3v) is 6.09. The minimum atomic E-state index is -0.376. The fourth-order valence-electron chi connectivity index (χ4n) is 3.59. The molecule has 1 amide bonds. The SMILES string of the molecule is CNCCOc1cc2nccc(Oc3c(P)cc(NC(=O)c4cnccc4OC)cc3Cl)c2cc1OC. The molecular formula is C26H26ClN4O5P. The van der Waals surface area contributed by atoms with E-state index in [0.29, 0.717) is 69.0 Å². The maximum absolute atomic E-state index is 12.8. The maximum Gasteiger partial charge on any atom is 0.261 e. The number of rotatable bonds is 10. The minimum Gasteiger partial charge on any atom is -0.496 e. The van der Waals surface area contributed by atoms with Crippen molar-refractivity contribution in [3.05, 3.63) is 65.6 Å². The molecule has 1 atom stereocenters. The lowest BCUT2D eigenvalue weighted by molar-refractivity contribution is 0.102. The molecule has 9 nitrogen and oxygen atoms in total. The van der Waals surface area contributed by atoms with Gasteiger partial charge in [-0.15, -0.1) is 9.24 Å². The maximum atomic E-state index is 12.8. The number of carbonyl (C=O) groups excluding carboxylic acids is 1. The second-order valence-electron chi connectivity index (χ2n) is 7.79. The molecule has 0 saturated heterocycles. The zero-order valence-corrected chi connectivity index (χ0v) is 22.4. The zero-order valence-electron chi connectivity index (χ0n) is 20.5. The molecule has 0 bridgehead atoms. The van der Waals surface area contributed by atoms with Gasteiger partial charge in [-0.2, -0.15) is 0 Å². The predicted molar refractivity (Wildman–Crippen MR) is 147 cm³/mol. The molecular weight excluding hydrogens is 515 g/mol. The van der Waals surface area contributed by atoms with Gasteiger partial charge in [0.1, 0.15) is 18.1 Å². The molecule has 0 aliphatic carbocycles. The third-order valence-electron chi connectivity index (χ3n) is 5.38. The van der Waals surface area contributed by atoms with Crippen LogP contribution in [-0.4, -0.2) is 50.3 Å². The molecule has 0 radical (unpaired) electrons. The molecule has 4 rings (SSSR count). The Morgan fingerprint density at radius 3 is 2.54 bits per heavy atom. The van der Waals surface area contributed by atoms with Crippen LogP contribution in [0.5, 0.6) is 28.7 Å². The smallest absolute Gasteiger partial charge is 0.261 e. The first-order chi connectivity index (χ1) is 17.9. The summed E-state index contributed by atoms with van der Waals surface area (Å²) in [5.41, 5.74) is 1.47. The Kier molecular flexibility index (Phi) is 8.61. The number of aromatic nitrogens is 2. The van der Waals surface area contributed by atoms with E-state index in [-0.39, 0.29) is 5.91 Å². The number of methoxy groups -OCH3 is 2. The van der Waals surface area contributed by atoms with Gasteiger partial charge in [0.05, 0.1) is 30.3 Å². The third kappa shape index (κ3) is 6.02. The topological polar surface area (TPSA) is 104 Å². The summed E-state index contributed by atoms with van der Waals surface area (Å²) in [5, 5.41) is 7.54. The van der Waals surface area contributed by atoms with Crippen molar-refractivity contribution in [1.82, 2.24) is 15.3 Å². The number of anilines is 1. The van der Waals surface area contributed by atoms with Gasteiger partial charge in [-0.1, -0.05) is 11.6 Å². The van der Waals surface area contributed by atoms with E-state index in [0.717, 1.165) is 5.39 Å². The Morgan fingerprint density at radius 1 is 1.03 bits per heavy atom. The van der Waals surface area contributed by atoms with E-state index >= 15 is 0 Å². The number of likely N-dealkylation sites (N-methyl/N-ethyl adjacent to an activating group) is 1. The fourth-order valence-corrected chi connectivity index (χ4v) is 4.34. The molecule has 0 spiro atoms. The van der Waals surface area contributed by atoms with Crippen LogP contribution in [-0.2, 0) is 0 Å². The monoisotopic (exact) mass is 540 g/mol. The Hall–Kier alpha value is -3.65. The van der Waals surface area contributed by atoms with Crippen LogP contribution in [0.3, 0.4) is 0 Å². The van der Waals surface area contributed by atoms with Gasteiger partial charge in [0.15, 0.2) is 17.2 Å². The van der Waals surface area contributed by atoms with Gasteiger partial charge in [-0.25, -0.2) is 0 Å². The van der Waals surface area contributed by atoms with Gasteiger partial charge in [-0.05, 0) is 37.4 Å². The Labute approximate surface area is 221 Å². The standard InChI is InChI=1S/C26H26ClN4O5P/c1-28-8-9-35-23-13-19-16(12-22(23)34-3)21(5-7-30-19)36-25-18(27)10-15(11-24(25)37)31-26(32)17-14-29-6-4-20(17)33-2/h4-7,10-14,28H,8-9,37H2,1-3H3,(H,31,32). The number of benzene rings is 2. The summed E-state index contributed by atoms with van der Waals surface area (Å²) in [7, 11) is 7.51. The second kappa shape index (κ2) is 12.1. The highest BCUT2D eigenvalue weighted by atomic mass is 35.5. The van der Waals surface area contributed by atoms with Crippen LogP contribution < -0.4 is 34.9 Å². The highest BCUT2D eigenvalue weighted by molar-refractivity contribution is 7.27. The van der Waals surface area contributed by atoms with Crippen molar-refractivity contribution in [3.8, 4) is 28.7 Å². The van der Waals surface area contributed by atoms with Gasteiger partial charge in [0.2, 0.25) is 0 Å².